The summed E-state index contributed by atoms with van der Waals surface area (Å²) < 4.78 is 45.7. The maximum absolute atomic E-state index is 13.0. The number of carbonyl (C=O) groups excluding carboxylic acids is 2. The predicted octanol–water partition coefficient (Wildman–Crippen LogP) is 4.93. The van der Waals surface area contributed by atoms with Gasteiger partial charge in [0.1, 0.15) is 5.56 Å². The molecule has 11 heteroatoms. The lowest BCUT2D eigenvalue weighted by atomic mass is 9.95. The van der Waals surface area contributed by atoms with Crippen LogP contribution < -0.4 is 10.2 Å². The Bertz CT molecular complexity index is 1280. The number of halogens is 3. The lowest BCUT2D eigenvalue weighted by molar-refractivity contribution is -0.137. The predicted molar refractivity (Wildman–Crippen MR) is 132 cm³/mol. The first kappa shape index (κ1) is 26.2. The maximum atomic E-state index is 13.0. The second-order valence-corrected chi connectivity index (χ2v) is 8.88. The molecule has 0 spiro atoms. The van der Waals surface area contributed by atoms with Gasteiger partial charge in [-0.2, -0.15) is 18.3 Å². The Morgan fingerprint density at radius 2 is 1.86 bits per heavy atom. The van der Waals surface area contributed by atoms with Crippen molar-refractivity contribution in [2.24, 2.45) is 5.92 Å². The van der Waals surface area contributed by atoms with Gasteiger partial charge in [0.05, 0.1) is 35.4 Å². The van der Waals surface area contributed by atoms with Crippen LogP contribution in [-0.2, 0) is 15.7 Å². The zero-order valence-corrected chi connectivity index (χ0v) is 20.8. The number of rotatable bonds is 6. The van der Waals surface area contributed by atoms with Crippen LogP contribution in [0, 0.1) is 19.8 Å². The van der Waals surface area contributed by atoms with Gasteiger partial charge in [0, 0.05) is 24.7 Å². The van der Waals surface area contributed by atoms with Crippen molar-refractivity contribution in [2.45, 2.75) is 39.8 Å². The quantitative estimate of drug-likeness (QED) is 0.468. The zero-order valence-electron chi connectivity index (χ0n) is 20.8. The number of ether oxygens (including phenoxy) is 1. The van der Waals surface area contributed by atoms with Gasteiger partial charge in [0.15, 0.2) is 5.82 Å². The minimum Gasteiger partial charge on any atom is -0.462 e. The molecule has 1 amide bonds. The molecule has 0 radical (unpaired) electrons. The van der Waals surface area contributed by atoms with Gasteiger partial charge in [-0.15, -0.1) is 0 Å². The zero-order chi connectivity index (χ0) is 26.7. The summed E-state index contributed by atoms with van der Waals surface area (Å²) >= 11 is 0. The Kier molecular flexibility index (Phi) is 7.51. The van der Waals surface area contributed by atoms with Crippen LogP contribution in [0.2, 0.25) is 0 Å². The molecule has 0 atom stereocenters. The molecule has 1 aliphatic heterocycles. The average molecular weight is 516 g/mol. The third-order valence-corrected chi connectivity index (χ3v) is 6.41. The first-order valence-electron chi connectivity index (χ1n) is 12.0. The van der Waals surface area contributed by atoms with E-state index in [1.165, 1.54) is 12.3 Å². The van der Waals surface area contributed by atoms with Crippen LogP contribution in [0.15, 0.2) is 42.6 Å². The molecule has 1 aromatic carbocycles. The van der Waals surface area contributed by atoms with Crippen molar-refractivity contribution in [3.63, 3.8) is 0 Å². The number of nitrogens with one attached hydrogen (secondary N) is 1. The highest BCUT2D eigenvalue weighted by Crippen LogP contribution is 2.33. The van der Waals surface area contributed by atoms with Gasteiger partial charge in [-0.05, 0) is 63.9 Å². The molecule has 1 aliphatic rings. The van der Waals surface area contributed by atoms with E-state index in [9.17, 15) is 22.8 Å². The van der Waals surface area contributed by atoms with Crippen LogP contribution in [-0.4, -0.2) is 46.3 Å². The smallest absolute Gasteiger partial charge is 0.416 e. The topological polar surface area (TPSA) is 89.3 Å². The summed E-state index contributed by atoms with van der Waals surface area (Å²) in [5.41, 5.74) is 1.88. The van der Waals surface area contributed by atoms with Crippen LogP contribution in [0.4, 0.5) is 24.5 Å². The molecule has 3 aromatic rings. The summed E-state index contributed by atoms with van der Waals surface area (Å²) in [5.74, 6) is -0.367. The highest BCUT2D eigenvalue weighted by atomic mass is 19.4. The molecule has 1 fully saturated rings. The summed E-state index contributed by atoms with van der Waals surface area (Å²) in [5, 5.41) is 7.27. The number of aromatic nitrogens is 3. The first-order valence-corrected chi connectivity index (χ1v) is 12.0. The molecule has 2 aromatic heterocycles. The van der Waals surface area contributed by atoms with Crippen LogP contribution in [0.25, 0.3) is 5.82 Å². The fourth-order valence-corrected chi connectivity index (χ4v) is 4.47. The second kappa shape index (κ2) is 10.6. The van der Waals surface area contributed by atoms with E-state index >= 15 is 0 Å². The van der Waals surface area contributed by atoms with Crippen LogP contribution in [0.3, 0.4) is 0 Å². The van der Waals surface area contributed by atoms with Crippen molar-refractivity contribution in [2.75, 3.05) is 29.9 Å². The van der Waals surface area contributed by atoms with Gasteiger partial charge in [-0.1, -0.05) is 6.07 Å². The van der Waals surface area contributed by atoms with E-state index in [2.05, 4.69) is 15.4 Å². The molecule has 0 saturated carbocycles. The number of nitrogens with zero attached hydrogens (tertiary/aromatic N) is 4. The lowest BCUT2D eigenvalue weighted by Crippen LogP contribution is -2.38. The Balaban J connectivity index is 1.37. The average Bonchev–Trinajstić information content (AvgIpc) is 3.18. The Morgan fingerprint density at radius 1 is 1.14 bits per heavy atom. The van der Waals surface area contributed by atoms with E-state index in [1.54, 1.807) is 43.7 Å². The third kappa shape index (κ3) is 5.76. The minimum absolute atomic E-state index is 0.158. The van der Waals surface area contributed by atoms with E-state index in [1.807, 2.05) is 4.90 Å². The molecule has 3 heterocycles. The molecule has 196 valence electrons. The SMILES string of the molecule is CCOC(=O)c1c(C)nn(-c2ccc(NC(=O)C3CCN(c4cccc(C(F)(F)F)c4)CC3)cn2)c1C. The first-order chi connectivity index (χ1) is 17.6. The van der Waals surface area contributed by atoms with Gasteiger partial charge < -0.3 is 15.0 Å². The summed E-state index contributed by atoms with van der Waals surface area (Å²) in [6.45, 7) is 6.45. The normalized spacial score (nSPS) is 14.5. The molecule has 37 heavy (non-hydrogen) atoms. The molecular weight excluding hydrogens is 487 g/mol. The Hall–Kier alpha value is -3.89. The fraction of sp³-hybridized carbons (Fsp3) is 0.385. The summed E-state index contributed by atoms with van der Waals surface area (Å²) in [6.07, 6.45) is -1.83. The standard InChI is InChI=1S/C26H28F3N5O3/c1-4-37-25(36)23-16(2)32-34(17(23)3)22-9-8-20(15-30-22)31-24(35)18-10-12-33(13-11-18)21-7-5-6-19(14-21)26(27,28)29/h5-9,14-15,18H,4,10-13H2,1-3H3,(H,31,35). The van der Waals surface area contributed by atoms with E-state index in [4.69, 9.17) is 4.74 Å². The number of hydrogen-bond acceptors (Lipinski definition) is 6. The number of anilines is 2. The van der Waals surface area contributed by atoms with Gasteiger partial charge in [0.25, 0.3) is 0 Å². The van der Waals surface area contributed by atoms with Gasteiger partial charge in [0.2, 0.25) is 5.91 Å². The molecule has 1 N–H and O–H groups in total. The summed E-state index contributed by atoms with van der Waals surface area (Å²) in [6, 6.07) is 8.65. The van der Waals surface area contributed by atoms with Crippen LogP contribution in [0.5, 0.6) is 0 Å². The summed E-state index contributed by atoms with van der Waals surface area (Å²) in [7, 11) is 0. The maximum Gasteiger partial charge on any atom is 0.416 e. The van der Waals surface area contributed by atoms with E-state index in [0.717, 1.165) is 12.1 Å². The van der Waals surface area contributed by atoms with Crippen molar-refractivity contribution in [1.82, 2.24) is 14.8 Å². The fourth-order valence-electron chi connectivity index (χ4n) is 4.47. The van der Waals surface area contributed by atoms with Crippen molar-refractivity contribution in [3.05, 3.63) is 65.1 Å². The number of esters is 1. The van der Waals surface area contributed by atoms with E-state index in [-0.39, 0.29) is 18.4 Å². The van der Waals surface area contributed by atoms with Crippen molar-refractivity contribution in [3.8, 4) is 5.82 Å². The van der Waals surface area contributed by atoms with Crippen molar-refractivity contribution in [1.29, 1.82) is 0 Å². The van der Waals surface area contributed by atoms with Gasteiger partial charge in [-0.3, -0.25) is 4.79 Å². The molecule has 4 rings (SSSR count). The number of piperidine rings is 1. The van der Waals surface area contributed by atoms with E-state index in [0.29, 0.717) is 60.1 Å². The third-order valence-electron chi connectivity index (χ3n) is 6.41. The molecule has 8 nitrogen and oxygen atoms in total. The van der Waals surface area contributed by atoms with Crippen LogP contribution >= 0.6 is 0 Å². The second-order valence-electron chi connectivity index (χ2n) is 8.88. The number of carbonyl (C=O) groups is 2. The van der Waals surface area contributed by atoms with Crippen molar-refractivity contribution < 1.29 is 27.5 Å². The molecular formula is C26H28F3N5O3. The van der Waals surface area contributed by atoms with Gasteiger partial charge >= 0.3 is 12.1 Å². The highest BCUT2D eigenvalue weighted by Gasteiger charge is 2.32. The van der Waals surface area contributed by atoms with Crippen LogP contribution in [0.1, 0.15) is 47.1 Å². The molecule has 0 aliphatic carbocycles. The van der Waals surface area contributed by atoms with E-state index < -0.39 is 17.7 Å². The number of pyridine rings is 1. The highest BCUT2D eigenvalue weighted by molar-refractivity contribution is 5.93. The Morgan fingerprint density at radius 3 is 2.49 bits per heavy atom. The number of benzene rings is 1. The van der Waals surface area contributed by atoms with Crippen molar-refractivity contribution >= 4 is 23.3 Å². The largest absolute Gasteiger partial charge is 0.462 e. The lowest BCUT2D eigenvalue weighted by Gasteiger charge is -2.33. The molecule has 1 saturated heterocycles. The van der Waals surface area contributed by atoms with Gasteiger partial charge in [-0.25, -0.2) is 14.5 Å². The number of hydrogen-bond donors (Lipinski definition) is 1. The summed E-state index contributed by atoms with van der Waals surface area (Å²) in [4.78, 5) is 31.3. The molecule has 0 unspecified atom stereocenters. The number of alkyl halides is 3. The number of aryl methyl sites for hydroxylation is 1. The molecule has 0 bridgehead atoms. The number of amides is 1. The minimum atomic E-state index is -4.39. The Labute approximate surface area is 212 Å². The monoisotopic (exact) mass is 515 g/mol.